The van der Waals surface area contributed by atoms with Gasteiger partial charge in [-0.25, -0.2) is 0 Å². The average Bonchev–Trinajstić information content (AvgIpc) is 2.85. The van der Waals surface area contributed by atoms with Crippen molar-refractivity contribution in [1.82, 2.24) is 10.2 Å². The van der Waals surface area contributed by atoms with Crippen LogP contribution in [0.2, 0.25) is 0 Å². The number of halogens is 3. The highest BCUT2D eigenvalue weighted by Crippen LogP contribution is 2.34. The second-order valence-corrected chi connectivity index (χ2v) is 5.45. The van der Waals surface area contributed by atoms with E-state index < -0.39 is 18.6 Å². The lowest BCUT2D eigenvalue weighted by Gasteiger charge is -2.40. The summed E-state index contributed by atoms with van der Waals surface area (Å²) in [5, 5.41) is 1.93. The van der Waals surface area contributed by atoms with Crippen LogP contribution in [0.4, 0.5) is 13.2 Å². The minimum atomic E-state index is -4.37. The summed E-state index contributed by atoms with van der Waals surface area (Å²) in [4.78, 5) is 13.7. The van der Waals surface area contributed by atoms with Crippen molar-refractivity contribution >= 4 is 5.91 Å². The monoisotopic (exact) mass is 295 g/mol. The van der Waals surface area contributed by atoms with Crippen LogP contribution in [-0.2, 0) is 4.79 Å². The van der Waals surface area contributed by atoms with Gasteiger partial charge in [0.1, 0.15) is 6.54 Å². The number of amides is 1. The predicted molar refractivity (Wildman–Crippen MR) is 71.2 cm³/mol. The number of alkyl halides is 3. The lowest BCUT2D eigenvalue weighted by molar-refractivity contribution is -0.139. The van der Waals surface area contributed by atoms with Gasteiger partial charge in [-0.05, 0) is 25.8 Å². The fourth-order valence-corrected chi connectivity index (χ4v) is 2.86. The number of nitrogens with zero attached hydrogens (tertiary/aromatic N) is 1. The first-order valence-electron chi connectivity index (χ1n) is 7.11. The predicted octanol–water partition coefficient (Wildman–Crippen LogP) is 1.65. The number of carbonyl (C=O) groups excluding carboxylic acids is 1. The molecule has 0 aromatic carbocycles. The molecule has 20 heavy (non-hydrogen) atoms. The van der Waals surface area contributed by atoms with E-state index in [1.54, 1.807) is 0 Å². The molecular weight excluding hydrogens is 271 g/mol. The molecular formula is C13H24F3N3O. The molecule has 1 rings (SSSR count). The number of hydrogen-bond donors (Lipinski definition) is 2. The van der Waals surface area contributed by atoms with E-state index in [-0.39, 0.29) is 12.1 Å². The Balaban J connectivity index is 2.60. The van der Waals surface area contributed by atoms with Gasteiger partial charge in [0.15, 0.2) is 0 Å². The minimum Gasteiger partial charge on any atom is -0.346 e. The van der Waals surface area contributed by atoms with Crippen molar-refractivity contribution in [2.24, 2.45) is 5.73 Å². The second-order valence-electron chi connectivity index (χ2n) is 5.45. The third-order valence-electron chi connectivity index (χ3n) is 3.90. The topological polar surface area (TPSA) is 58.4 Å². The molecule has 0 aliphatic heterocycles. The Morgan fingerprint density at radius 3 is 2.40 bits per heavy atom. The first-order chi connectivity index (χ1) is 9.33. The molecule has 3 N–H and O–H groups in total. The molecule has 0 aromatic heterocycles. The zero-order valence-corrected chi connectivity index (χ0v) is 11.9. The molecule has 1 amide bonds. The van der Waals surface area contributed by atoms with Gasteiger partial charge in [-0.1, -0.05) is 19.8 Å². The highest BCUT2D eigenvalue weighted by Gasteiger charge is 2.39. The summed E-state index contributed by atoms with van der Waals surface area (Å²) in [6.45, 7) is 1.82. The molecule has 0 aromatic rings. The van der Waals surface area contributed by atoms with Crippen molar-refractivity contribution in [1.29, 1.82) is 0 Å². The lowest BCUT2D eigenvalue weighted by Crippen LogP contribution is -2.55. The molecule has 1 aliphatic rings. The molecule has 4 nitrogen and oxygen atoms in total. The normalized spacial score (nSPS) is 18.5. The highest BCUT2D eigenvalue weighted by molar-refractivity contribution is 5.78. The average molecular weight is 295 g/mol. The summed E-state index contributed by atoms with van der Waals surface area (Å²) >= 11 is 0. The van der Waals surface area contributed by atoms with Gasteiger partial charge in [0, 0.05) is 12.1 Å². The molecule has 1 aliphatic carbocycles. The van der Waals surface area contributed by atoms with Crippen LogP contribution in [0.15, 0.2) is 0 Å². The van der Waals surface area contributed by atoms with Crippen molar-refractivity contribution in [2.75, 3.05) is 26.2 Å². The van der Waals surface area contributed by atoms with E-state index in [9.17, 15) is 18.0 Å². The zero-order valence-electron chi connectivity index (χ0n) is 11.9. The van der Waals surface area contributed by atoms with Crippen molar-refractivity contribution < 1.29 is 18.0 Å². The maximum Gasteiger partial charge on any atom is 0.405 e. The highest BCUT2D eigenvalue weighted by atomic mass is 19.4. The van der Waals surface area contributed by atoms with Crippen LogP contribution >= 0.6 is 0 Å². The Hall–Kier alpha value is -0.820. The van der Waals surface area contributed by atoms with E-state index in [4.69, 9.17) is 5.73 Å². The molecule has 0 bridgehead atoms. The van der Waals surface area contributed by atoms with E-state index >= 15 is 0 Å². The lowest BCUT2D eigenvalue weighted by atomic mass is 9.94. The fraction of sp³-hybridized carbons (Fsp3) is 0.923. The summed E-state index contributed by atoms with van der Waals surface area (Å²) < 4.78 is 36.3. The molecule has 0 spiro atoms. The van der Waals surface area contributed by atoms with Crippen LogP contribution in [-0.4, -0.2) is 48.7 Å². The number of carbonyl (C=O) groups is 1. The van der Waals surface area contributed by atoms with Gasteiger partial charge < -0.3 is 11.1 Å². The van der Waals surface area contributed by atoms with Gasteiger partial charge >= 0.3 is 6.18 Å². The van der Waals surface area contributed by atoms with Crippen molar-refractivity contribution in [3.63, 3.8) is 0 Å². The Labute approximate surface area is 117 Å². The molecule has 118 valence electrons. The van der Waals surface area contributed by atoms with E-state index in [0.717, 1.165) is 32.1 Å². The van der Waals surface area contributed by atoms with E-state index in [2.05, 4.69) is 0 Å². The van der Waals surface area contributed by atoms with Crippen molar-refractivity contribution in [3.05, 3.63) is 0 Å². The van der Waals surface area contributed by atoms with Crippen LogP contribution in [0.1, 0.15) is 39.0 Å². The largest absolute Gasteiger partial charge is 0.405 e. The van der Waals surface area contributed by atoms with Crippen molar-refractivity contribution in [2.45, 2.75) is 50.7 Å². The third-order valence-corrected chi connectivity index (χ3v) is 3.90. The SMILES string of the molecule is CCCN(CC(=O)NCC(F)(F)F)C1(CN)CCCC1. The molecule has 0 unspecified atom stereocenters. The molecule has 1 fully saturated rings. The van der Waals surface area contributed by atoms with Crippen LogP contribution in [0.5, 0.6) is 0 Å². The first kappa shape index (κ1) is 17.2. The Morgan fingerprint density at radius 1 is 1.35 bits per heavy atom. The van der Waals surface area contributed by atoms with E-state index in [0.29, 0.717) is 13.1 Å². The molecule has 0 heterocycles. The van der Waals surface area contributed by atoms with Crippen LogP contribution in [0.3, 0.4) is 0 Å². The second kappa shape index (κ2) is 7.26. The van der Waals surface area contributed by atoms with Gasteiger partial charge in [-0.15, -0.1) is 0 Å². The number of nitrogens with two attached hydrogens (primary N) is 1. The Bertz CT molecular complexity index is 314. The summed E-state index contributed by atoms with van der Waals surface area (Å²) in [6.07, 6.45) is 0.410. The number of rotatable bonds is 7. The summed E-state index contributed by atoms with van der Waals surface area (Å²) in [6, 6.07) is 0. The number of nitrogens with one attached hydrogen (secondary N) is 1. The summed E-state index contributed by atoms with van der Waals surface area (Å²) in [5.74, 6) is -0.587. The van der Waals surface area contributed by atoms with Gasteiger partial charge in [-0.3, -0.25) is 9.69 Å². The van der Waals surface area contributed by atoms with E-state index in [1.807, 2.05) is 17.1 Å². The molecule has 0 atom stereocenters. The maximum atomic E-state index is 12.1. The van der Waals surface area contributed by atoms with Crippen LogP contribution in [0, 0.1) is 0 Å². The van der Waals surface area contributed by atoms with Crippen molar-refractivity contribution in [3.8, 4) is 0 Å². The molecule has 0 radical (unpaired) electrons. The maximum absolute atomic E-state index is 12.1. The Kier molecular flexibility index (Phi) is 6.26. The van der Waals surface area contributed by atoms with Crippen LogP contribution < -0.4 is 11.1 Å². The standard InChI is InChI=1S/C13H24F3N3O/c1-2-7-19(12(9-17)5-3-4-6-12)8-11(20)18-10-13(14,15)16/h2-10,17H2,1H3,(H,18,20). The molecule has 0 saturated heterocycles. The third kappa shape index (κ3) is 4.94. The van der Waals surface area contributed by atoms with Gasteiger partial charge in [0.2, 0.25) is 5.91 Å². The molecule has 7 heteroatoms. The van der Waals surface area contributed by atoms with E-state index in [1.165, 1.54) is 0 Å². The van der Waals surface area contributed by atoms with Crippen LogP contribution in [0.25, 0.3) is 0 Å². The minimum absolute atomic E-state index is 0.0128. The summed E-state index contributed by atoms with van der Waals surface area (Å²) in [5.41, 5.74) is 5.65. The van der Waals surface area contributed by atoms with Gasteiger partial charge in [0.25, 0.3) is 0 Å². The quantitative estimate of drug-likeness (QED) is 0.751. The number of hydrogen-bond acceptors (Lipinski definition) is 3. The Morgan fingerprint density at radius 2 is 1.95 bits per heavy atom. The van der Waals surface area contributed by atoms with Gasteiger partial charge in [-0.2, -0.15) is 13.2 Å². The van der Waals surface area contributed by atoms with Gasteiger partial charge in [0.05, 0.1) is 6.54 Å². The molecule has 1 saturated carbocycles. The summed E-state index contributed by atoms with van der Waals surface area (Å²) in [7, 11) is 0. The first-order valence-corrected chi connectivity index (χ1v) is 7.11. The zero-order chi connectivity index (χ0) is 15.2. The smallest absolute Gasteiger partial charge is 0.346 e. The fourth-order valence-electron chi connectivity index (χ4n) is 2.86.